The van der Waals surface area contributed by atoms with Crippen molar-refractivity contribution in [3.8, 4) is 34.5 Å². The van der Waals surface area contributed by atoms with Crippen LogP contribution in [-0.2, 0) is 12.8 Å². The molecule has 0 saturated carbocycles. The second-order valence-corrected chi connectivity index (χ2v) is 13.7. The first kappa shape index (κ1) is 32.0. The molecule has 49 heavy (non-hydrogen) atoms. The van der Waals surface area contributed by atoms with Crippen LogP contribution in [0.5, 0.6) is 34.5 Å². The molecule has 5 nitrogen and oxygen atoms in total. The summed E-state index contributed by atoms with van der Waals surface area (Å²) in [5.74, 6) is 1.64. The fraction of sp³-hybridized carbons (Fsp3) is 0.116. The van der Waals surface area contributed by atoms with Crippen molar-refractivity contribution in [2.24, 2.45) is 0 Å². The van der Waals surface area contributed by atoms with E-state index in [4.69, 9.17) is 4.74 Å². The molecule has 0 saturated heterocycles. The zero-order valence-corrected chi connectivity index (χ0v) is 28.3. The standard InChI is InChI=1S/C43H36O5S/c1-25-12-15-36(44)29(18-25)22-31-20-27(3)21-32(23-30-19-26(2)13-16-37(30)45)41(31)48-40-24-39(47)43(35-11-7-6-10-34(35)40)49-42-33-9-5-4-8-28(33)14-17-38(42)46/h4-21,24,44-47H,22-23H2,1-3H3. The van der Waals surface area contributed by atoms with Crippen LogP contribution in [0, 0.1) is 20.8 Å². The average Bonchev–Trinajstić information content (AvgIpc) is 3.08. The summed E-state index contributed by atoms with van der Waals surface area (Å²) < 4.78 is 6.89. The number of aromatic hydroxyl groups is 4. The molecule has 0 heterocycles. The van der Waals surface area contributed by atoms with Crippen molar-refractivity contribution < 1.29 is 25.2 Å². The molecule has 0 spiro atoms. The number of ether oxygens (including phenoxy) is 1. The predicted octanol–water partition coefficient (Wildman–Crippen LogP) is 10.9. The number of hydrogen-bond donors (Lipinski definition) is 4. The van der Waals surface area contributed by atoms with Gasteiger partial charge in [-0.2, -0.15) is 0 Å². The Bertz CT molecular complexity index is 2300. The number of rotatable bonds is 8. The van der Waals surface area contributed by atoms with E-state index in [1.54, 1.807) is 24.3 Å². The summed E-state index contributed by atoms with van der Waals surface area (Å²) in [6.45, 7) is 6.02. The third-order valence-corrected chi connectivity index (χ3v) is 10.1. The lowest BCUT2D eigenvalue weighted by atomic mass is 9.93. The summed E-state index contributed by atoms with van der Waals surface area (Å²) >= 11 is 1.32. The quantitative estimate of drug-likeness (QED) is 0.129. The Morgan fingerprint density at radius 3 is 1.61 bits per heavy atom. The Morgan fingerprint density at radius 1 is 0.469 bits per heavy atom. The van der Waals surface area contributed by atoms with Gasteiger partial charge in [0.15, 0.2) is 0 Å². The summed E-state index contributed by atoms with van der Waals surface area (Å²) in [5.41, 5.74) is 6.37. The molecule has 0 radical (unpaired) electrons. The monoisotopic (exact) mass is 664 g/mol. The first-order valence-corrected chi connectivity index (χ1v) is 17.0. The van der Waals surface area contributed by atoms with E-state index < -0.39 is 0 Å². The van der Waals surface area contributed by atoms with E-state index in [9.17, 15) is 20.4 Å². The minimum Gasteiger partial charge on any atom is -0.508 e. The molecule has 0 aliphatic rings. The number of phenols is 4. The molecular weight excluding hydrogens is 629 g/mol. The number of phenolic OH excluding ortho intramolecular Hbond substituents is 4. The van der Waals surface area contributed by atoms with Crippen molar-refractivity contribution in [3.63, 3.8) is 0 Å². The molecule has 0 aliphatic carbocycles. The number of benzene rings is 7. The molecule has 7 aromatic rings. The van der Waals surface area contributed by atoms with E-state index in [1.165, 1.54) is 11.8 Å². The largest absolute Gasteiger partial charge is 0.508 e. The van der Waals surface area contributed by atoms with E-state index in [0.717, 1.165) is 60.5 Å². The molecule has 0 fully saturated rings. The topological polar surface area (TPSA) is 90.2 Å². The molecule has 0 bridgehead atoms. The van der Waals surface area contributed by atoms with Crippen LogP contribution in [0.2, 0.25) is 0 Å². The van der Waals surface area contributed by atoms with E-state index in [-0.39, 0.29) is 23.0 Å². The van der Waals surface area contributed by atoms with Crippen LogP contribution in [0.1, 0.15) is 38.9 Å². The van der Waals surface area contributed by atoms with Crippen molar-refractivity contribution in [2.45, 2.75) is 43.4 Å². The van der Waals surface area contributed by atoms with Crippen molar-refractivity contribution in [1.29, 1.82) is 0 Å². The fourth-order valence-corrected chi connectivity index (χ4v) is 7.61. The summed E-state index contributed by atoms with van der Waals surface area (Å²) in [7, 11) is 0. The van der Waals surface area contributed by atoms with Crippen LogP contribution in [-0.4, -0.2) is 20.4 Å². The van der Waals surface area contributed by atoms with Crippen molar-refractivity contribution in [1.82, 2.24) is 0 Å². The van der Waals surface area contributed by atoms with Crippen molar-refractivity contribution >= 4 is 33.3 Å². The molecule has 0 aliphatic heterocycles. The minimum atomic E-state index is 0.0221. The summed E-state index contributed by atoms with van der Waals surface area (Å²) in [6, 6.07) is 36.1. The minimum absolute atomic E-state index is 0.0221. The van der Waals surface area contributed by atoms with Crippen LogP contribution >= 0.6 is 11.8 Å². The zero-order chi connectivity index (χ0) is 34.2. The molecule has 7 rings (SSSR count). The van der Waals surface area contributed by atoms with Crippen LogP contribution in [0.4, 0.5) is 0 Å². The van der Waals surface area contributed by atoms with Gasteiger partial charge in [-0.15, -0.1) is 0 Å². The molecule has 0 atom stereocenters. The highest BCUT2D eigenvalue weighted by atomic mass is 32.2. The van der Waals surface area contributed by atoms with E-state index in [0.29, 0.717) is 34.1 Å². The maximum atomic E-state index is 11.6. The van der Waals surface area contributed by atoms with Crippen LogP contribution < -0.4 is 4.74 Å². The highest BCUT2D eigenvalue weighted by Gasteiger charge is 2.21. The van der Waals surface area contributed by atoms with Crippen molar-refractivity contribution in [3.05, 3.63) is 154 Å². The maximum absolute atomic E-state index is 11.6. The summed E-state index contributed by atoms with van der Waals surface area (Å²) in [4.78, 5) is 1.26. The third kappa shape index (κ3) is 6.48. The second kappa shape index (κ2) is 13.1. The smallest absolute Gasteiger partial charge is 0.139 e. The molecule has 0 unspecified atom stereocenters. The number of fused-ring (bicyclic) bond motifs is 2. The van der Waals surface area contributed by atoms with Gasteiger partial charge in [0.05, 0.1) is 9.79 Å². The van der Waals surface area contributed by atoms with Gasteiger partial charge in [-0.1, -0.05) is 119 Å². The summed E-state index contributed by atoms with van der Waals surface area (Å²) in [5, 5.41) is 47.6. The highest BCUT2D eigenvalue weighted by Crippen LogP contribution is 2.49. The fourth-order valence-electron chi connectivity index (χ4n) is 6.49. The molecule has 244 valence electrons. The Hall–Kier alpha value is -5.59. The van der Waals surface area contributed by atoms with Crippen LogP contribution in [0.25, 0.3) is 21.5 Å². The molecule has 7 aromatic carbocycles. The zero-order valence-electron chi connectivity index (χ0n) is 27.5. The Labute approximate surface area is 289 Å². The van der Waals surface area contributed by atoms with E-state index >= 15 is 0 Å². The predicted molar refractivity (Wildman–Crippen MR) is 198 cm³/mol. The van der Waals surface area contributed by atoms with Gasteiger partial charge in [0.1, 0.15) is 34.5 Å². The average molecular weight is 665 g/mol. The highest BCUT2D eigenvalue weighted by molar-refractivity contribution is 8.00. The summed E-state index contributed by atoms with van der Waals surface area (Å²) in [6.07, 6.45) is 0.824. The molecular formula is C43H36O5S. The Morgan fingerprint density at radius 2 is 0.980 bits per heavy atom. The van der Waals surface area contributed by atoms with Gasteiger partial charge in [-0.3, -0.25) is 0 Å². The molecule has 6 heteroatoms. The Balaban J connectivity index is 1.38. The molecule has 0 amide bonds. The normalized spacial score (nSPS) is 11.3. The third-order valence-electron chi connectivity index (χ3n) is 8.83. The van der Waals surface area contributed by atoms with Gasteiger partial charge in [-0.25, -0.2) is 0 Å². The maximum Gasteiger partial charge on any atom is 0.139 e. The van der Waals surface area contributed by atoms with Crippen LogP contribution in [0.3, 0.4) is 0 Å². The number of hydrogen-bond acceptors (Lipinski definition) is 6. The van der Waals surface area contributed by atoms with Crippen molar-refractivity contribution in [2.75, 3.05) is 0 Å². The van der Waals surface area contributed by atoms with Crippen LogP contribution in [0.15, 0.2) is 125 Å². The number of aryl methyl sites for hydroxylation is 3. The lowest BCUT2D eigenvalue weighted by Crippen LogP contribution is -2.02. The molecule has 0 aromatic heterocycles. The van der Waals surface area contributed by atoms with Gasteiger partial charge in [0, 0.05) is 29.7 Å². The molecule has 4 N–H and O–H groups in total. The lowest BCUT2D eigenvalue weighted by molar-refractivity contribution is 0.445. The van der Waals surface area contributed by atoms with Gasteiger partial charge >= 0.3 is 0 Å². The van der Waals surface area contributed by atoms with E-state index in [2.05, 4.69) is 12.1 Å². The van der Waals surface area contributed by atoms with Gasteiger partial charge in [0.2, 0.25) is 0 Å². The van der Waals surface area contributed by atoms with Gasteiger partial charge in [-0.05, 0) is 72.0 Å². The lowest BCUT2D eigenvalue weighted by Gasteiger charge is -2.21. The first-order valence-electron chi connectivity index (χ1n) is 16.1. The second-order valence-electron chi connectivity index (χ2n) is 12.6. The van der Waals surface area contributed by atoms with Gasteiger partial charge in [0.25, 0.3) is 0 Å². The SMILES string of the molecule is Cc1ccc(O)c(Cc2cc(C)cc(Cc3cc(C)ccc3O)c2Oc2cc(O)c(Sc3c(O)ccc4ccccc34)c3ccccc23)c1. The first-order chi connectivity index (χ1) is 23.6. The van der Waals surface area contributed by atoms with Gasteiger partial charge < -0.3 is 25.2 Å². The van der Waals surface area contributed by atoms with E-state index in [1.807, 2.05) is 99.6 Å². The Kier molecular flexibility index (Phi) is 8.57.